The van der Waals surface area contributed by atoms with Crippen molar-refractivity contribution in [3.05, 3.63) is 70.7 Å². The summed E-state index contributed by atoms with van der Waals surface area (Å²) in [5.41, 5.74) is 1.83. The SMILES string of the molecule is O=C(NCCCN1CCCCC1)c1ccc(Cn2c(=O)c3cccn3c3cccnc32)o1. The molecule has 5 rings (SSSR count). The zero-order valence-corrected chi connectivity index (χ0v) is 18.0. The van der Waals surface area contributed by atoms with Gasteiger partial charge in [0, 0.05) is 18.9 Å². The number of pyridine rings is 1. The van der Waals surface area contributed by atoms with Crippen LogP contribution in [-0.2, 0) is 6.54 Å². The van der Waals surface area contributed by atoms with Gasteiger partial charge in [-0.15, -0.1) is 0 Å². The average molecular weight is 434 g/mol. The molecule has 0 atom stereocenters. The van der Waals surface area contributed by atoms with Crippen molar-refractivity contribution < 1.29 is 9.21 Å². The summed E-state index contributed by atoms with van der Waals surface area (Å²) in [7, 11) is 0. The van der Waals surface area contributed by atoms with Crippen molar-refractivity contribution in [3.8, 4) is 0 Å². The lowest BCUT2D eigenvalue weighted by atomic mass is 10.1. The van der Waals surface area contributed by atoms with Crippen LogP contribution in [0, 0.1) is 0 Å². The molecule has 4 aromatic heterocycles. The molecule has 166 valence electrons. The fraction of sp³-hybridized carbons (Fsp3) is 0.375. The number of aromatic nitrogens is 3. The van der Waals surface area contributed by atoms with Gasteiger partial charge in [-0.05, 0) is 75.3 Å². The Morgan fingerprint density at radius 3 is 2.78 bits per heavy atom. The third-order valence-electron chi connectivity index (χ3n) is 6.08. The smallest absolute Gasteiger partial charge is 0.286 e. The van der Waals surface area contributed by atoms with E-state index in [0.717, 1.165) is 31.6 Å². The van der Waals surface area contributed by atoms with Crippen LogP contribution in [0.3, 0.4) is 0 Å². The number of hydrogen-bond donors (Lipinski definition) is 1. The van der Waals surface area contributed by atoms with Crippen molar-refractivity contribution >= 4 is 22.6 Å². The number of carbonyl (C=O) groups excluding carboxylic acids is 1. The number of piperidine rings is 1. The molecule has 8 nitrogen and oxygen atoms in total. The lowest BCUT2D eigenvalue weighted by molar-refractivity contribution is 0.0921. The fourth-order valence-electron chi connectivity index (χ4n) is 4.45. The van der Waals surface area contributed by atoms with Gasteiger partial charge in [-0.2, -0.15) is 0 Å². The maximum Gasteiger partial charge on any atom is 0.286 e. The molecule has 1 fully saturated rings. The Morgan fingerprint density at radius 2 is 1.91 bits per heavy atom. The number of carbonyl (C=O) groups is 1. The highest BCUT2D eigenvalue weighted by Gasteiger charge is 2.16. The molecule has 0 bridgehead atoms. The summed E-state index contributed by atoms with van der Waals surface area (Å²) in [6.45, 7) is 4.15. The summed E-state index contributed by atoms with van der Waals surface area (Å²) in [6, 6.07) is 10.8. The highest BCUT2D eigenvalue weighted by atomic mass is 16.4. The van der Waals surface area contributed by atoms with Gasteiger partial charge in [0.05, 0.1) is 12.1 Å². The number of nitrogens with zero attached hydrogens (tertiary/aromatic N) is 4. The molecule has 32 heavy (non-hydrogen) atoms. The van der Waals surface area contributed by atoms with E-state index in [2.05, 4.69) is 15.2 Å². The van der Waals surface area contributed by atoms with E-state index in [4.69, 9.17) is 4.42 Å². The Kier molecular flexibility index (Phi) is 5.77. The predicted molar refractivity (Wildman–Crippen MR) is 122 cm³/mol. The highest BCUT2D eigenvalue weighted by Crippen LogP contribution is 2.16. The van der Waals surface area contributed by atoms with E-state index in [9.17, 15) is 9.59 Å². The van der Waals surface area contributed by atoms with E-state index in [-0.39, 0.29) is 23.8 Å². The minimum Gasteiger partial charge on any atom is -0.454 e. The zero-order chi connectivity index (χ0) is 21.9. The number of fused-ring (bicyclic) bond motifs is 3. The van der Waals surface area contributed by atoms with Gasteiger partial charge in [-0.25, -0.2) is 4.98 Å². The summed E-state index contributed by atoms with van der Waals surface area (Å²) in [5.74, 6) is 0.563. The normalized spacial score (nSPS) is 14.9. The van der Waals surface area contributed by atoms with Crippen LogP contribution in [0.5, 0.6) is 0 Å². The van der Waals surface area contributed by atoms with Gasteiger partial charge in [0.25, 0.3) is 11.5 Å². The van der Waals surface area contributed by atoms with E-state index in [1.807, 2.05) is 28.8 Å². The van der Waals surface area contributed by atoms with Crippen molar-refractivity contribution in [2.24, 2.45) is 0 Å². The van der Waals surface area contributed by atoms with Crippen molar-refractivity contribution in [2.45, 2.75) is 32.2 Å². The van der Waals surface area contributed by atoms with Crippen LogP contribution in [0.25, 0.3) is 16.7 Å². The third kappa shape index (κ3) is 4.05. The van der Waals surface area contributed by atoms with Crippen LogP contribution in [0.4, 0.5) is 0 Å². The number of furan rings is 1. The standard InChI is InChI=1S/C24H27N5O3/c30-23(26-12-6-15-27-13-2-1-3-14-27)21-10-9-18(32-21)17-29-22-19(7-4-11-25-22)28-16-5-8-20(28)24(29)31/h4-5,7-11,16H,1-3,6,12-15,17H2,(H,26,30). The van der Waals surface area contributed by atoms with Crippen LogP contribution in [0.1, 0.15) is 42.0 Å². The quantitative estimate of drug-likeness (QED) is 0.453. The molecular weight excluding hydrogens is 406 g/mol. The molecule has 1 amide bonds. The second-order valence-corrected chi connectivity index (χ2v) is 8.28. The van der Waals surface area contributed by atoms with E-state index < -0.39 is 0 Å². The first kappa shape index (κ1) is 20.5. The van der Waals surface area contributed by atoms with Gasteiger partial charge >= 0.3 is 0 Å². The number of hydrogen-bond acceptors (Lipinski definition) is 5. The summed E-state index contributed by atoms with van der Waals surface area (Å²) in [6.07, 6.45) is 8.30. The first-order valence-corrected chi connectivity index (χ1v) is 11.2. The number of likely N-dealkylation sites (tertiary alicyclic amines) is 1. The Hall–Kier alpha value is -3.39. The molecule has 1 saturated heterocycles. The fourth-order valence-corrected chi connectivity index (χ4v) is 4.45. The van der Waals surface area contributed by atoms with Crippen LogP contribution < -0.4 is 10.9 Å². The Labute approximate surface area is 185 Å². The summed E-state index contributed by atoms with van der Waals surface area (Å²) >= 11 is 0. The topological polar surface area (TPSA) is 84.8 Å². The molecular formula is C24H27N5O3. The van der Waals surface area contributed by atoms with Crippen molar-refractivity contribution in [3.63, 3.8) is 0 Å². The molecule has 4 aromatic rings. The molecule has 5 heterocycles. The van der Waals surface area contributed by atoms with Crippen LogP contribution in [0.2, 0.25) is 0 Å². The molecule has 0 unspecified atom stereocenters. The van der Waals surface area contributed by atoms with E-state index >= 15 is 0 Å². The lowest BCUT2D eigenvalue weighted by Crippen LogP contribution is -2.33. The minimum absolute atomic E-state index is 0.152. The first-order valence-electron chi connectivity index (χ1n) is 11.2. The Morgan fingerprint density at radius 1 is 1.06 bits per heavy atom. The molecule has 0 aliphatic carbocycles. The second kappa shape index (κ2) is 9.00. The van der Waals surface area contributed by atoms with Gasteiger partial charge in [0.15, 0.2) is 11.4 Å². The van der Waals surface area contributed by atoms with E-state index in [1.165, 1.54) is 19.3 Å². The molecule has 1 N–H and O–H groups in total. The lowest BCUT2D eigenvalue weighted by Gasteiger charge is -2.26. The maximum absolute atomic E-state index is 13.0. The second-order valence-electron chi connectivity index (χ2n) is 8.28. The monoisotopic (exact) mass is 433 g/mol. The average Bonchev–Trinajstić information content (AvgIpc) is 3.50. The Balaban J connectivity index is 1.27. The van der Waals surface area contributed by atoms with Crippen LogP contribution >= 0.6 is 0 Å². The number of amides is 1. The van der Waals surface area contributed by atoms with Gasteiger partial charge in [0.1, 0.15) is 11.3 Å². The highest BCUT2D eigenvalue weighted by molar-refractivity contribution is 5.91. The minimum atomic E-state index is -0.229. The Bertz CT molecular complexity index is 1300. The van der Waals surface area contributed by atoms with Gasteiger partial charge in [-0.1, -0.05) is 6.42 Å². The van der Waals surface area contributed by atoms with Gasteiger partial charge in [-0.3, -0.25) is 14.2 Å². The third-order valence-corrected chi connectivity index (χ3v) is 6.08. The predicted octanol–water partition coefficient (Wildman–Crippen LogP) is 2.90. The van der Waals surface area contributed by atoms with Crippen molar-refractivity contribution in [1.82, 2.24) is 24.2 Å². The van der Waals surface area contributed by atoms with E-state index in [0.29, 0.717) is 23.5 Å². The maximum atomic E-state index is 13.0. The molecule has 0 saturated carbocycles. The molecule has 1 aliphatic heterocycles. The van der Waals surface area contributed by atoms with Crippen LogP contribution in [0.15, 0.2) is 58.0 Å². The van der Waals surface area contributed by atoms with E-state index in [1.54, 1.807) is 29.0 Å². The van der Waals surface area contributed by atoms with Gasteiger partial charge in [0.2, 0.25) is 0 Å². The van der Waals surface area contributed by atoms with Crippen LogP contribution in [-0.4, -0.2) is 50.9 Å². The number of rotatable bonds is 7. The number of nitrogens with one attached hydrogen (secondary N) is 1. The van der Waals surface area contributed by atoms with Gasteiger partial charge < -0.3 is 19.0 Å². The largest absolute Gasteiger partial charge is 0.454 e. The molecule has 0 radical (unpaired) electrons. The zero-order valence-electron chi connectivity index (χ0n) is 18.0. The van der Waals surface area contributed by atoms with Crippen molar-refractivity contribution in [1.29, 1.82) is 0 Å². The van der Waals surface area contributed by atoms with Crippen molar-refractivity contribution in [2.75, 3.05) is 26.2 Å². The summed E-state index contributed by atoms with van der Waals surface area (Å²) < 4.78 is 9.20. The molecule has 0 spiro atoms. The molecule has 0 aromatic carbocycles. The summed E-state index contributed by atoms with van der Waals surface area (Å²) in [4.78, 5) is 32.4. The first-order chi connectivity index (χ1) is 15.7. The molecule has 8 heteroatoms. The molecule has 1 aliphatic rings. The summed E-state index contributed by atoms with van der Waals surface area (Å²) in [5, 5.41) is 2.93.